The molecule has 8 aromatic carbocycles. The number of benzene rings is 8. The molecular weight excluding hydrogens is 553 g/mol. The summed E-state index contributed by atoms with van der Waals surface area (Å²) in [5, 5.41) is 10.2. The smallest absolute Gasteiger partial charge is 0.00992 e. The van der Waals surface area contributed by atoms with Gasteiger partial charge in [-0.1, -0.05) is 140 Å². The highest BCUT2D eigenvalue weighted by Crippen LogP contribution is 2.39. The van der Waals surface area contributed by atoms with Gasteiger partial charge in [0.1, 0.15) is 0 Å². The molecular formula is C46H32. The summed E-state index contributed by atoms with van der Waals surface area (Å²) in [4.78, 5) is 0. The van der Waals surface area contributed by atoms with Crippen molar-refractivity contribution in [2.75, 3.05) is 0 Å². The van der Waals surface area contributed by atoms with Gasteiger partial charge in [-0.3, -0.25) is 0 Å². The van der Waals surface area contributed by atoms with Crippen LogP contribution in [0.5, 0.6) is 0 Å². The third kappa shape index (κ3) is 4.62. The molecule has 0 radical (unpaired) electrons. The average molecular weight is 585 g/mol. The van der Waals surface area contributed by atoms with Crippen molar-refractivity contribution in [3.8, 4) is 22.3 Å². The van der Waals surface area contributed by atoms with Gasteiger partial charge in [0.05, 0.1) is 0 Å². The second-order valence-corrected chi connectivity index (χ2v) is 12.4. The molecule has 0 saturated carbocycles. The molecule has 1 aliphatic rings. The lowest BCUT2D eigenvalue weighted by Gasteiger charge is -2.18. The van der Waals surface area contributed by atoms with Gasteiger partial charge >= 0.3 is 0 Å². The lowest BCUT2D eigenvalue weighted by molar-refractivity contribution is 1.06. The van der Waals surface area contributed by atoms with E-state index in [0.29, 0.717) is 0 Å². The molecule has 1 aliphatic carbocycles. The van der Waals surface area contributed by atoms with Crippen LogP contribution in [0.4, 0.5) is 0 Å². The Hall–Kier alpha value is -5.72. The first-order valence-electron chi connectivity index (χ1n) is 16.2. The van der Waals surface area contributed by atoms with Crippen LogP contribution in [0.3, 0.4) is 0 Å². The molecule has 9 rings (SSSR count). The maximum Gasteiger partial charge on any atom is -0.00992 e. The van der Waals surface area contributed by atoms with Crippen LogP contribution >= 0.6 is 0 Å². The molecule has 0 fully saturated rings. The second-order valence-electron chi connectivity index (χ2n) is 12.4. The zero-order chi connectivity index (χ0) is 30.5. The summed E-state index contributed by atoms with van der Waals surface area (Å²) >= 11 is 0. The first kappa shape index (κ1) is 26.7. The molecule has 216 valence electrons. The van der Waals surface area contributed by atoms with E-state index in [1.165, 1.54) is 87.6 Å². The van der Waals surface area contributed by atoms with Gasteiger partial charge in [0.15, 0.2) is 0 Å². The van der Waals surface area contributed by atoms with E-state index >= 15 is 0 Å². The van der Waals surface area contributed by atoms with E-state index in [4.69, 9.17) is 0 Å². The molecule has 0 saturated heterocycles. The summed E-state index contributed by atoms with van der Waals surface area (Å²) in [7, 11) is 0. The molecule has 0 nitrogen and oxygen atoms in total. The zero-order valence-electron chi connectivity index (χ0n) is 25.6. The Morgan fingerprint density at radius 2 is 0.913 bits per heavy atom. The van der Waals surface area contributed by atoms with Crippen LogP contribution in [0, 0.1) is 0 Å². The molecule has 46 heavy (non-hydrogen) atoms. The summed E-state index contributed by atoms with van der Waals surface area (Å²) in [5.41, 5.74) is 10.4. The predicted molar refractivity (Wildman–Crippen MR) is 199 cm³/mol. The summed E-state index contributed by atoms with van der Waals surface area (Å²) < 4.78 is 0. The van der Waals surface area contributed by atoms with Crippen LogP contribution in [-0.2, 0) is 0 Å². The predicted octanol–water partition coefficient (Wildman–Crippen LogP) is 12.9. The Labute approximate surface area is 269 Å². The van der Waals surface area contributed by atoms with Crippen LogP contribution in [-0.4, -0.2) is 0 Å². The number of hydrogen-bond acceptors (Lipinski definition) is 0. The van der Waals surface area contributed by atoms with E-state index in [9.17, 15) is 0 Å². The van der Waals surface area contributed by atoms with E-state index in [1.807, 2.05) is 0 Å². The van der Waals surface area contributed by atoms with E-state index in [2.05, 4.69) is 170 Å². The summed E-state index contributed by atoms with van der Waals surface area (Å²) in [5.74, 6) is 0. The fraction of sp³-hybridized carbons (Fsp3) is 0.0435. The lowest BCUT2D eigenvalue weighted by atomic mass is 9.86. The lowest BCUT2D eigenvalue weighted by Crippen LogP contribution is -1.95. The second kappa shape index (κ2) is 11.0. The van der Waals surface area contributed by atoms with Crippen molar-refractivity contribution in [1.82, 2.24) is 0 Å². The minimum atomic E-state index is 1.05. The van der Waals surface area contributed by atoms with Gasteiger partial charge in [-0.25, -0.2) is 0 Å². The molecule has 0 N–H and O–H groups in total. The van der Waals surface area contributed by atoms with Crippen LogP contribution in [0.2, 0.25) is 0 Å². The molecule has 0 amide bonds. The molecule has 8 aromatic rings. The molecule has 0 heterocycles. The van der Waals surface area contributed by atoms with Crippen LogP contribution in [0.1, 0.15) is 24.0 Å². The Bertz CT molecular complexity index is 2520. The highest BCUT2D eigenvalue weighted by atomic mass is 14.2. The molecule has 0 spiro atoms. The number of allylic oxidation sites excluding steroid dienone is 4. The third-order valence-corrected chi connectivity index (χ3v) is 9.69. The SMILES string of the molecule is C1=CC(c2ccc3ccccc3c2)=C(c2ccc3cc4cc(-c5ccccc5-c5cccc6ccccc56)ccc4cc3c2)CC1. The van der Waals surface area contributed by atoms with Gasteiger partial charge in [0, 0.05) is 0 Å². The Balaban J connectivity index is 1.13. The topological polar surface area (TPSA) is 0 Å². The quantitative estimate of drug-likeness (QED) is 0.181. The highest BCUT2D eigenvalue weighted by molar-refractivity contribution is 6.05. The Kier molecular flexibility index (Phi) is 6.39. The summed E-state index contributed by atoms with van der Waals surface area (Å²) in [6, 6.07) is 58.3. The van der Waals surface area contributed by atoms with E-state index < -0.39 is 0 Å². The van der Waals surface area contributed by atoms with E-state index in [0.717, 1.165) is 12.8 Å². The molecule has 0 heteroatoms. The number of fused-ring (bicyclic) bond motifs is 4. The Morgan fingerprint density at radius 3 is 1.76 bits per heavy atom. The fourth-order valence-corrected chi connectivity index (χ4v) is 7.37. The van der Waals surface area contributed by atoms with Crippen molar-refractivity contribution in [2.24, 2.45) is 0 Å². The first-order valence-corrected chi connectivity index (χ1v) is 16.2. The molecule has 0 bridgehead atoms. The first-order chi connectivity index (χ1) is 22.8. The standard InChI is InChI=1S/C46H32/c1-2-12-33-26-36(23-20-31(33)10-1)42-15-5-6-16-43(42)37-24-21-34-28-40-30-38(25-22-35(40)27-39(34)29-37)44-17-7-8-18-45(44)46-19-9-13-32-11-3-4-14-41(32)46/h1-5,7-15,17-30H,6,16H2. The van der Waals surface area contributed by atoms with Crippen LogP contribution in [0.15, 0.2) is 170 Å². The van der Waals surface area contributed by atoms with Crippen molar-refractivity contribution in [3.63, 3.8) is 0 Å². The minimum absolute atomic E-state index is 1.05. The van der Waals surface area contributed by atoms with Crippen molar-refractivity contribution < 1.29 is 0 Å². The third-order valence-electron chi connectivity index (χ3n) is 9.69. The van der Waals surface area contributed by atoms with E-state index in [-0.39, 0.29) is 0 Å². The van der Waals surface area contributed by atoms with Gasteiger partial charge in [0.2, 0.25) is 0 Å². The summed E-state index contributed by atoms with van der Waals surface area (Å²) in [6.07, 6.45) is 6.77. The van der Waals surface area contributed by atoms with Crippen molar-refractivity contribution >= 4 is 54.2 Å². The van der Waals surface area contributed by atoms with Gasteiger partial charge < -0.3 is 0 Å². The van der Waals surface area contributed by atoms with E-state index in [1.54, 1.807) is 0 Å². The summed E-state index contributed by atoms with van der Waals surface area (Å²) in [6.45, 7) is 0. The largest absolute Gasteiger partial charge is 0.0836 e. The van der Waals surface area contributed by atoms with Gasteiger partial charge in [-0.2, -0.15) is 0 Å². The van der Waals surface area contributed by atoms with Crippen LogP contribution in [0.25, 0.3) is 76.5 Å². The molecule has 0 atom stereocenters. The minimum Gasteiger partial charge on any atom is -0.0836 e. The van der Waals surface area contributed by atoms with Crippen molar-refractivity contribution in [2.45, 2.75) is 12.8 Å². The van der Waals surface area contributed by atoms with Gasteiger partial charge in [-0.15, -0.1) is 0 Å². The zero-order valence-corrected chi connectivity index (χ0v) is 25.6. The Morgan fingerprint density at radius 1 is 0.348 bits per heavy atom. The monoisotopic (exact) mass is 584 g/mol. The molecule has 0 aromatic heterocycles. The average Bonchev–Trinajstić information content (AvgIpc) is 3.13. The maximum atomic E-state index is 2.40. The molecule has 0 aliphatic heterocycles. The normalized spacial score (nSPS) is 13.3. The maximum absolute atomic E-state index is 2.40. The van der Waals surface area contributed by atoms with Gasteiger partial charge in [-0.05, 0) is 131 Å². The van der Waals surface area contributed by atoms with Crippen molar-refractivity contribution in [1.29, 1.82) is 0 Å². The van der Waals surface area contributed by atoms with Gasteiger partial charge in [0.25, 0.3) is 0 Å². The van der Waals surface area contributed by atoms with Crippen LogP contribution < -0.4 is 0 Å². The highest BCUT2D eigenvalue weighted by Gasteiger charge is 2.15. The number of rotatable bonds is 4. The molecule has 0 unspecified atom stereocenters. The number of hydrogen-bond donors (Lipinski definition) is 0. The van der Waals surface area contributed by atoms with Crippen molar-refractivity contribution in [3.05, 3.63) is 181 Å². The fourth-order valence-electron chi connectivity index (χ4n) is 7.37.